The van der Waals surface area contributed by atoms with Gasteiger partial charge in [0, 0.05) is 47.6 Å². The molecule has 0 N–H and O–H groups in total. The maximum absolute atomic E-state index is 10.6. The topological polar surface area (TPSA) is 41.6 Å². The normalized spacial score (nSPS) is 11.4. The Morgan fingerprint density at radius 2 is 1.08 bits per heavy atom. The van der Waals surface area contributed by atoms with E-state index in [9.17, 15) is 5.26 Å². The van der Waals surface area contributed by atoms with E-state index in [1.807, 2.05) is 35.6 Å². The molecule has 242 valence electrons. The Hall–Kier alpha value is -6.80. The summed E-state index contributed by atoms with van der Waals surface area (Å²) in [6.45, 7) is 0. The predicted octanol–water partition coefficient (Wildman–Crippen LogP) is 13.1. The van der Waals surface area contributed by atoms with Gasteiger partial charge in [0.05, 0.1) is 33.7 Å². The molecule has 0 atom stereocenters. The van der Waals surface area contributed by atoms with E-state index in [4.69, 9.17) is 4.98 Å². The molecule has 0 saturated heterocycles. The lowest BCUT2D eigenvalue weighted by Gasteiger charge is -2.16. The molecule has 3 heterocycles. The van der Waals surface area contributed by atoms with Crippen molar-refractivity contribution in [3.63, 3.8) is 0 Å². The van der Waals surface area contributed by atoms with Crippen LogP contribution in [0.4, 0.5) is 0 Å². The molecule has 0 aliphatic carbocycles. The van der Waals surface area contributed by atoms with Crippen molar-refractivity contribution >= 4 is 53.3 Å². The van der Waals surface area contributed by atoms with Crippen molar-refractivity contribution < 1.29 is 0 Å². The van der Waals surface area contributed by atoms with Gasteiger partial charge in [-0.15, -0.1) is 11.3 Å². The quantitative estimate of drug-likeness (QED) is 0.182. The summed E-state index contributed by atoms with van der Waals surface area (Å²) in [4.78, 5) is 5.23. The molecule has 52 heavy (non-hydrogen) atoms. The summed E-state index contributed by atoms with van der Waals surface area (Å²) in [6, 6.07) is 64.2. The van der Waals surface area contributed by atoms with Gasteiger partial charge in [-0.05, 0) is 71.3 Å². The smallest absolute Gasteiger partial charge is 0.101 e. The standard InChI is InChI=1S/C48H29N3S/c49-30-35-16-11-19-37(33-23-25-47-41(26-33)39-18-8-10-21-46(39)52-47)48(35)51-44-20-9-7-17-38(44)40-27-34(22-24-45(40)51)43-29-36(31-12-3-1-4-13-31)28-42(50-43)32-14-5-2-6-15-32/h1-29H. The first-order valence-electron chi connectivity index (χ1n) is 17.4. The van der Waals surface area contributed by atoms with Gasteiger partial charge in [0.25, 0.3) is 0 Å². The van der Waals surface area contributed by atoms with Gasteiger partial charge in [-0.3, -0.25) is 0 Å². The fraction of sp³-hybridized carbons (Fsp3) is 0. The van der Waals surface area contributed by atoms with Crippen molar-refractivity contribution in [1.82, 2.24) is 9.55 Å². The monoisotopic (exact) mass is 679 g/mol. The predicted molar refractivity (Wildman–Crippen MR) is 218 cm³/mol. The average Bonchev–Trinajstić information content (AvgIpc) is 3.76. The molecule has 10 rings (SSSR count). The first kappa shape index (κ1) is 30.1. The van der Waals surface area contributed by atoms with Crippen LogP contribution in [0.1, 0.15) is 5.56 Å². The van der Waals surface area contributed by atoms with E-state index < -0.39 is 0 Å². The highest BCUT2D eigenvalue weighted by atomic mass is 32.1. The average molecular weight is 680 g/mol. The second-order valence-corrected chi connectivity index (χ2v) is 14.1. The molecule has 7 aromatic carbocycles. The lowest BCUT2D eigenvalue weighted by atomic mass is 9.98. The molecule has 0 bridgehead atoms. The van der Waals surface area contributed by atoms with E-state index in [1.54, 1.807) is 0 Å². The molecule has 10 aromatic rings. The fourth-order valence-corrected chi connectivity index (χ4v) is 8.69. The van der Waals surface area contributed by atoms with Crippen molar-refractivity contribution in [2.45, 2.75) is 0 Å². The van der Waals surface area contributed by atoms with Gasteiger partial charge in [0.2, 0.25) is 0 Å². The Bertz CT molecular complexity index is 2960. The summed E-state index contributed by atoms with van der Waals surface area (Å²) in [7, 11) is 0. The van der Waals surface area contributed by atoms with Crippen molar-refractivity contribution in [1.29, 1.82) is 5.26 Å². The Kier molecular flexibility index (Phi) is 7.06. The van der Waals surface area contributed by atoms with Crippen LogP contribution in [-0.4, -0.2) is 9.55 Å². The van der Waals surface area contributed by atoms with Crippen molar-refractivity contribution in [2.75, 3.05) is 0 Å². The zero-order chi connectivity index (χ0) is 34.6. The SMILES string of the molecule is N#Cc1cccc(-c2ccc3sc4ccccc4c3c2)c1-n1c2ccccc2c2cc(-c3cc(-c4ccccc4)cc(-c4ccccc4)n3)ccc21. The summed E-state index contributed by atoms with van der Waals surface area (Å²) in [6.07, 6.45) is 0. The largest absolute Gasteiger partial charge is 0.307 e. The van der Waals surface area contributed by atoms with E-state index in [0.717, 1.165) is 72.3 Å². The van der Waals surface area contributed by atoms with E-state index in [0.29, 0.717) is 5.56 Å². The van der Waals surface area contributed by atoms with Crippen LogP contribution in [0.15, 0.2) is 176 Å². The Morgan fingerprint density at radius 3 is 1.88 bits per heavy atom. The molecule has 0 radical (unpaired) electrons. The van der Waals surface area contributed by atoms with Crippen LogP contribution < -0.4 is 0 Å². The number of aromatic nitrogens is 2. The Labute approximate surface area is 304 Å². The molecule has 0 aliphatic heterocycles. The molecule has 3 nitrogen and oxygen atoms in total. The third kappa shape index (κ3) is 4.91. The number of thiophene rings is 1. The number of hydrogen-bond donors (Lipinski definition) is 0. The van der Waals surface area contributed by atoms with Crippen LogP contribution in [0.5, 0.6) is 0 Å². The number of hydrogen-bond acceptors (Lipinski definition) is 3. The van der Waals surface area contributed by atoms with E-state index >= 15 is 0 Å². The molecular weight excluding hydrogens is 651 g/mol. The minimum atomic E-state index is 0.629. The van der Waals surface area contributed by atoms with E-state index in [2.05, 4.69) is 162 Å². The van der Waals surface area contributed by atoms with Crippen molar-refractivity contribution in [3.8, 4) is 56.5 Å². The van der Waals surface area contributed by atoms with Crippen molar-refractivity contribution in [3.05, 3.63) is 181 Å². The molecule has 3 aromatic heterocycles. The molecule has 0 unspecified atom stereocenters. The van der Waals surface area contributed by atoms with E-state index in [-0.39, 0.29) is 0 Å². The Balaban J connectivity index is 1.20. The second-order valence-electron chi connectivity index (χ2n) is 13.1. The van der Waals surface area contributed by atoms with Gasteiger partial charge in [-0.2, -0.15) is 5.26 Å². The van der Waals surface area contributed by atoms with Crippen LogP contribution >= 0.6 is 11.3 Å². The Morgan fingerprint density at radius 1 is 0.442 bits per heavy atom. The maximum Gasteiger partial charge on any atom is 0.101 e. The number of pyridine rings is 1. The third-order valence-corrected chi connectivity index (χ3v) is 11.2. The summed E-state index contributed by atoms with van der Waals surface area (Å²) in [5, 5.41) is 15.3. The van der Waals surface area contributed by atoms with Crippen molar-refractivity contribution in [2.24, 2.45) is 0 Å². The van der Waals surface area contributed by atoms with E-state index in [1.165, 1.54) is 20.2 Å². The highest BCUT2D eigenvalue weighted by Crippen LogP contribution is 2.42. The molecule has 0 amide bonds. The minimum absolute atomic E-state index is 0.629. The number of para-hydroxylation sites is 2. The number of nitriles is 1. The van der Waals surface area contributed by atoms with Gasteiger partial charge in [-0.1, -0.05) is 121 Å². The lowest BCUT2D eigenvalue weighted by molar-refractivity contribution is 1.17. The zero-order valence-corrected chi connectivity index (χ0v) is 28.8. The highest BCUT2D eigenvalue weighted by Gasteiger charge is 2.20. The summed E-state index contributed by atoms with van der Waals surface area (Å²) in [5.74, 6) is 0. The van der Waals surface area contributed by atoms with Gasteiger partial charge in [-0.25, -0.2) is 4.98 Å². The second kappa shape index (κ2) is 12.2. The van der Waals surface area contributed by atoms with Gasteiger partial charge >= 0.3 is 0 Å². The minimum Gasteiger partial charge on any atom is -0.307 e. The molecule has 0 aliphatic rings. The van der Waals surface area contributed by atoms with Crippen LogP contribution in [0.2, 0.25) is 0 Å². The number of benzene rings is 7. The fourth-order valence-electron chi connectivity index (χ4n) is 7.61. The molecule has 0 fully saturated rings. The molecule has 0 saturated carbocycles. The molecule has 4 heteroatoms. The summed E-state index contributed by atoms with van der Waals surface area (Å²) >= 11 is 1.81. The van der Waals surface area contributed by atoms with Crippen LogP contribution in [0.25, 0.3) is 92.4 Å². The first-order valence-corrected chi connectivity index (χ1v) is 18.2. The summed E-state index contributed by atoms with van der Waals surface area (Å²) < 4.78 is 4.81. The van der Waals surface area contributed by atoms with Crippen LogP contribution in [-0.2, 0) is 0 Å². The summed E-state index contributed by atoms with van der Waals surface area (Å²) in [5.41, 5.74) is 11.9. The highest BCUT2D eigenvalue weighted by molar-refractivity contribution is 7.25. The third-order valence-electron chi connectivity index (χ3n) is 10.0. The van der Waals surface area contributed by atoms with Gasteiger partial charge < -0.3 is 4.57 Å². The first-order chi connectivity index (χ1) is 25.7. The zero-order valence-electron chi connectivity index (χ0n) is 28.0. The number of rotatable bonds is 5. The number of fused-ring (bicyclic) bond motifs is 6. The molecular formula is C48H29N3S. The maximum atomic E-state index is 10.6. The lowest BCUT2D eigenvalue weighted by Crippen LogP contribution is -2.01. The van der Waals surface area contributed by atoms with Gasteiger partial charge in [0.15, 0.2) is 0 Å². The number of nitrogens with zero attached hydrogens (tertiary/aromatic N) is 3. The van der Waals surface area contributed by atoms with Crippen LogP contribution in [0.3, 0.4) is 0 Å². The van der Waals surface area contributed by atoms with Crippen LogP contribution in [0, 0.1) is 11.3 Å². The van der Waals surface area contributed by atoms with Gasteiger partial charge in [0.1, 0.15) is 6.07 Å². The molecule has 0 spiro atoms.